The van der Waals surface area contributed by atoms with Crippen molar-refractivity contribution in [1.82, 2.24) is 4.90 Å². The Kier molecular flexibility index (Phi) is 4.92. The quantitative estimate of drug-likeness (QED) is 0.835. The van der Waals surface area contributed by atoms with Gasteiger partial charge in [0.05, 0.1) is 12.0 Å². The first-order chi connectivity index (χ1) is 9.48. The van der Waals surface area contributed by atoms with Gasteiger partial charge in [-0.25, -0.2) is 0 Å². The van der Waals surface area contributed by atoms with E-state index in [2.05, 4.69) is 0 Å². The summed E-state index contributed by atoms with van der Waals surface area (Å²) in [6.07, 6.45) is -4.42. The van der Waals surface area contributed by atoms with Crippen LogP contribution in [0.4, 0.5) is 13.2 Å². The highest BCUT2D eigenvalue weighted by atomic mass is 19.4. The van der Waals surface area contributed by atoms with Gasteiger partial charge >= 0.3 is 6.18 Å². The fourth-order valence-electron chi connectivity index (χ4n) is 2.53. The average Bonchev–Trinajstić information content (AvgIpc) is 2.72. The van der Waals surface area contributed by atoms with Gasteiger partial charge in [0, 0.05) is 20.1 Å². The lowest BCUT2D eigenvalue weighted by atomic mass is 9.87. The molecule has 1 unspecified atom stereocenters. The van der Waals surface area contributed by atoms with Gasteiger partial charge in [-0.3, -0.25) is 9.59 Å². The van der Waals surface area contributed by atoms with Crippen LogP contribution in [0.1, 0.15) is 33.1 Å². The molecular weight excluding hydrogens is 289 g/mol. The molecule has 1 fully saturated rings. The number of likely N-dealkylation sites (tertiary alicyclic amines) is 1. The summed E-state index contributed by atoms with van der Waals surface area (Å²) in [7, 11) is 1.35. The number of alkyl halides is 3. The van der Waals surface area contributed by atoms with Crippen LogP contribution in [0.25, 0.3) is 0 Å². The summed E-state index contributed by atoms with van der Waals surface area (Å²) in [5.74, 6) is -1.48. The van der Waals surface area contributed by atoms with Crippen LogP contribution in [0.3, 0.4) is 0 Å². The molecule has 0 aromatic carbocycles. The van der Waals surface area contributed by atoms with Crippen molar-refractivity contribution < 1.29 is 27.5 Å². The van der Waals surface area contributed by atoms with Crippen LogP contribution in [-0.2, 0) is 14.3 Å². The molecule has 122 valence electrons. The topological polar surface area (TPSA) is 72.6 Å². The first-order valence-electron chi connectivity index (χ1n) is 6.64. The lowest BCUT2D eigenvalue weighted by Crippen LogP contribution is -2.59. The number of carbonyl (C=O) groups excluding carboxylic acids is 2. The van der Waals surface area contributed by atoms with Crippen LogP contribution in [0.15, 0.2) is 0 Å². The van der Waals surface area contributed by atoms with Crippen molar-refractivity contribution in [3.63, 3.8) is 0 Å². The summed E-state index contributed by atoms with van der Waals surface area (Å²) < 4.78 is 43.6. The molecule has 2 N–H and O–H groups in total. The number of hydrogen-bond acceptors (Lipinski definition) is 3. The van der Waals surface area contributed by atoms with Gasteiger partial charge in [0.15, 0.2) is 0 Å². The maximum atomic E-state index is 12.9. The average molecular weight is 310 g/mol. The Balaban J connectivity index is 2.98. The predicted octanol–water partition coefficient (Wildman–Crippen LogP) is 1.46. The molecule has 1 saturated heterocycles. The summed E-state index contributed by atoms with van der Waals surface area (Å²) in [4.78, 5) is 25.1. The Bertz CT molecular complexity index is 423. The highest BCUT2D eigenvalue weighted by molar-refractivity contribution is 5.91. The van der Waals surface area contributed by atoms with Crippen LogP contribution in [-0.4, -0.2) is 48.7 Å². The summed E-state index contributed by atoms with van der Waals surface area (Å²) in [6.45, 7) is 2.02. The Morgan fingerprint density at radius 3 is 2.33 bits per heavy atom. The van der Waals surface area contributed by atoms with Crippen LogP contribution >= 0.6 is 0 Å². The maximum absolute atomic E-state index is 12.9. The van der Waals surface area contributed by atoms with Gasteiger partial charge in [-0.05, 0) is 12.8 Å². The molecule has 0 saturated carbocycles. The largest absolute Gasteiger partial charge is 0.394 e. The third-order valence-electron chi connectivity index (χ3n) is 3.99. The molecule has 1 heterocycles. The molecule has 5 nitrogen and oxygen atoms in total. The molecule has 0 aromatic heterocycles. The number of hydrogen-bond donors (Lipinski definition) is 1. The molecule has 21 heavy (non-hydrogen) atoms. The summed E-state index contributed by atoms with van der Waals surface area (Å²) >= 11 is 0. The van der Waals surface area contributed by atoms with Gasteiger partial charge in [0.1, 0.15) is 5.54 Å². The van der Waals surface area contributed by atoms with Crippen molar-refractivity contribution in [3.05, 3.63) is 0 Å². The number of nitrogens with zero attached hydrogens (tertiary/aromatic N) is 1. The molecule has 1 aliphatic rings. The minimum Gasteiger partial charge on any atom is -0.382 e. The molecule has 0 radical (unpaired) electrons. The van der Waals surface area contributed by atoms with Crippen molar-refractivity contribution in [2.45, 2.75) is 44.8 Å². The van der Waals surface area contributed by atoms with E-state index in [9.17, 15) is 22.8 Å². The van der Waals surface area contributed by atoms with Gasteiger partial charge in [0.2, 0.25) is 11.8 Å². The van der Waals surface area contributed by atoms with Crippen molar-refractivity contribution in [2.75, 3.05) is 20.3 Å². The number of carbonyl (C=O) groups is 2. The van der Waals surface area contributed by atoms with Gasteiger partial charge in [0.25, 0.3) is 0 Å². The highest BCUT2D eigenvalue weighted by Gasteiger charge is 2.53. The first kappa shape index (κ1) is 17.7. The Morgan fingerprint density at radius 1 is 1.33 bits per heavy atom. The van der Waals surface area contributed by atoms with Crippen LogP contribution in [0, 0.1) is 5.41 Å². The lowest BCUT2D eigenvalue weighted by Gasteiger charge is -2.37. The van der Waals surface area contributed by atoms with Crippen LogP contribution in [0.2, 0.25) is 0 Å². The number of halogens is 3. The SMILES string of the molecule is COCC1(C(N)=O)CCCN1C(=O)CC(C)(C)C(F)(F)F. The van der Waals surface area contributed by atoms with E-state index in [0.29, 0.717) is 12.8 Å². The second-order valence-electron chi connectivity index (χ2n) is 6.04. The van der Waals surface area contributed by atoms with Crippen molar-refractivity contribution in [2.24, 2.45) is 11.1 Å². The van der Waals surface area contributed by atoms with Crippen molar-refractivity contribution in [1.29, 1.82) is 0 Å². The first-order valence-corrected chi connectivity index (χ1v) is 6.64. The molecule has 1 atom stereocenters. The second-order valence-corrected chi connectivity index (χ2v) is 6.04. The molecule has 0 spiro atoms. The van der Waals surface area contributed by atoms with Crippen LogP contribution in [0.5, 0.6) is 0 Å². The Labute approximate surface area is 121 Å². The molecule has 1 rings (SSSR count). The van der Waals surface area contributed by atoms with E-state index in [0.717, 1.165) is 18.7 Å². The number of nitrogens with two attached hydrogens (primary N) is 1. The van der Waals surface area contributed by atoms with Crippen LogP contribution < -0.4 is 5.73 Å². The van der Waals surface area contributed by atoms with E-state index in [-0.39, 0.29) is 13.2 Å². The minimum atomic E-state index is -4.50. The smallest absolute Gasteiger partial charge is 0.382 e. The number of ether oxygens (including phenoxy) is 1. The number of rotatable bonds is 5. The molecule has 0 aliphatic carbocycles. The minimum absolute atomic E-state index is 0.111. The number of methoxy groups -OCH3 is 1. The fourth-order valence-corrected chi connectivity index (χ4v) is 2.53. The monoisotopic (exact) mass is 310 g/mol. The molecule has 1 aliphatic heterocycles. The van der Waals surface area contributed by atoms with E-state index >= 15 is 0 Å². The van der Waals surface area contributed by atoms with Gasteiger partial charge < -0.3 is 15.4 Å². The summed E-state index contributed by atoms with van der Waals surface area (Å²) in [5.41, 5.74) is 1.86. The third-order valence-corrected chi connectivity index (χ3v) is 3.99. The van der Waals surface area contributed by atoms with Gasteiger partial charge in [-0.1, -0.05) is 13.8 Å². The van der Waals surface area contributed by atoms with Gasteiger partial charge in [-0.15, -0.1) is 0 Å². The highest BCUT2D eigenvalue weighted by Crippen LogP contribution is 2.42. The zero-order valence-electron chi connectivity index (χ0n) is 12.4. The van der Waals surface area contributed by atoms with E-state index in [1.165, 1.54) is 7.11 Å². The molecule has 0 bridgehead atoms. The molecule has 0 aromatic rings. The third kappa shape index (κ3) is 3.30. The van der Waals surface area contributed by atoms with Crippen molar-refractivity contribution in [3.8, 4) is 0 Å². The Morgan fingerprint density at radius 2 is 1.90 bits per heavy atom. The van der Waals surface area contributed by atoms with Crippen molar-refractivity contribution >= 4 is 11.8 Å². The predicted molar refractivity (Wildman–Crippen MR) is 69.2 cm³/mol. The molecule has 8 heteroatoms. The van der Waals surface area contributed by atoms with E-state index < -0.39 is 35.4 Å². The number of amides is 2. The second kappa shape index (κ2) is 5.82. The normalized spacial score (nSPS) is 23.4. The molecular formula is C13H21F3N2O3. The zero-order valence-corrected chi connectivity index (χ0v) is 12.4. The zero-order chi connectivity index (χ0) is 16.5. The Hall–Kier alpha value is -1.31. The van der Waals surface area contributed by atoms with E-state index in [1.807, 2.05) is 0 Å². The summed E-state index contributed by atoms with van der Waals surface area (Å²) in [5, 5.41) is 0. The fraction of sp³-hybridized carbons (Fsp3) is 0.846. The van der Waals surface area contributed by atoms with Gasteiger partial charge in [-0.2, -0.15) is 13.2 Å². The summed E-state index contributed by atoms with van der Waals surface area (Å²) in [6, 6.07) is 0. The lowest BCUT2D eigenvalue weighted by molar-refractivity contribution is -0.215. The standard InChI is InChI=1S/C13H21F3N2O3/c1-11(2,13(14,15)16)7-9(19)18-6-4-5-12(18,8-21-3)10(17)20/h4-8H2,1-3H3,(H2,17,20). The maximum Gasteiger partial charge on any atom is 0.394 e. The van der Waals surface area contributed by atoms with E-state index in [4.69, 9.17) is 10.5 Å². The number of primary amides is 1. The van der Waals surface area contributed by atoms with E-state index in [1.54, 1.807) is 0 Å². The molecule has 2 amide bonds.